The van der Waals surface area contributed by atoms with Crippen LogP contribution >= 0.6 is 0 Å². The van der Waals surface area contributed by atoms with Crippen molar-refractivity contribution in [1.82, 2.24) is 19.9 Å². The second-order valence-electron chi connectivity index (χ2n) is 14.4. The Morgan fingerprint density at radius 3 is 2.60 bits per heavy atom. The van der Waals surface area contributed by atoms with Crippen LogP contribution in [0.3, 0.4) is 0 Å². The van der Waals surface area contributed by atoms with Crippen LogP contribution in [-0.4, -0.2) is 75.9 Å². The Morgan fingerprint density at radius 1 is 1.10 bits per heavy atom. The standard InChI is InChI=1S/C35H40FN5O8S/c1-19-31-22(21-7-5-8-24(36)30(21)38-19)10-12-35(49-31)13-11-28(42)25(39-33(45)46)9-4-3-6-20-16-26(20)37-18-27-23(17-29(43)41(27)35)32(44)40-50(47,48)34(2)14-15-34/h5,7-8,18,23,25,27,39H,3-4,6,9-17H2,1-2H3,(H,40,44)(H,45,46)/t23-,25-,27+,35+/m0/s1. The largest absolute Gasteiger partial charge is 0.466 e. The van der Waals surface area contributed by atoms with Crippen molar-refractivity contribution in [3.63, 3.8) is 0 Å². The molecule has 1 aromatic carbocycles. The van der Waals surface area contributed by atoms with Crippen LogP contribution in [0.5, 0.6) is 5.75 Å². The fourth-order valence-corrected chi connectivity index (χ4v) is 8.93. The Balaban J connectivity index is 1.32. The molecule has 5 aliphatic rings. The third kappa shape index (κ3) is 6.13. The average Bonchev–Trinajstić information content (AvgIpc) is 3.97. The summed E-state index contributed by atoms with van der Waals surface area (Å²) in [5, 5.41) is 12.4. The number of para-hydroxylation sites is 1. The monoisotopic (exact) mass is 709 g/mol. The maximum absolute atomic E-state index is 14.8. The number of nitrogens with zero attached hydrogens (tertiary/aromatic N) is 3. The minimum absolute atomic E-state index is 0.0571. The molecule has 2 aliphatic carbocycles. The highest BCUT2D eigenvalue weighted by Crippen LogP contribution is 2.47. The predicted octanol–water partition coefficient (Wildman–Crippen LogP) is 4.21. The number of hydrogen-bond acceptors (Lipinski definition) is 9. The molecule has 3 N–H and O–H groups in total. The molecule has 1 spiro atoms. The van der Waals surface area contributed by atoms with Gasteiger partial charge in [-0.05, 0) is 64.0 Å². The third-order valence-corrected chi connectivity index (χ3v) is 13.1. The van der Waals surface area contributed by atoms with Crippen LogP contribution in [0.25, 0.3) is 10.9 Å². The molecule has 1 saturated heterocycles. The van der Waals surface area contributed by atoms with Crippen molar-refractivity contribution in [3.8, 4) is 5.75 Å². The zero-order valence-corrected chi connectivity index (χ0v) is 28.8. The van der Waals surface area contributed by atoms with Gasteiger partial charge in [0.25, 0.3) is 0 Å². The van der Waals surface area contributed by atoms with E-state index in [1.807, 2.05) is 0 Å². The molecule has 3 amide bonds. The molecule has 2 aromatic rings. The summed E-state index contributed by atoms with van der Waals surface area (Å²) >= 11 is 0. The molecule has 15 heteroatoms. The molecule has 4 atom stereocenters. The van der Waals surface area contributed by atoms with Gasteiger partial charge < -0.3 is 15.2 Å². The van der Waals surface area contributed by atoms with Gasteiger partial charge in [0.1, 0.15) is 17.1 Å². The van der Waals surface area contributed by atoms with Gasteiger partial charge in [-0.15, -0.1) is 0 Å². The normalized spacial score (nSPS) is 27.8. The molecular weight excluding hydrogens is 669 g/mol. The number of halogens is 1. The van der Waals surface area contributed by atoms with E-state index in [1.54, 1.807) is 26.0 Å². The van der Waals surface area contributed by atoms with Gasteiger partial charge in [0.05, 0.1) is 28.4 Å². The van der Waals surface area contributed by atoms with Gasteiger partial charge in [-0.3, -0.25) is 29.0 Å². The number of aromatic nitrogens is 1. The first-order valence-corrected chi connectivity index (χ1v) is 18.6. The first kappa shape index (κ1) is 34.1. The summed E-state index contributed by atoms with van der Waals surface area (Å²) in [5.74, 6) is -2.97. The maximum Gasteiger partial charge on any atom is 0.405 e. The van der Waals surface area contributed by atoms with Crippen molar-refractivity contribution in [1.29, 1.82) is 0 Å². The van der Waals surface area contributed by atoms with E-state index < -0.39 is 62.2 Å². The van der Waals surface area contributed by atoms with Gasteiger partial charge in [-0.1, -0.05) is 18.6 Å². The second-order valence-corrected chi connectivity index (χ2v) is 16.6. The number of sulfonamides is 1. The molecule has 2 fully saturated rings. The summed E-state index contributed by atoms with van der Waals surface area (Å²) in [6.45, 7) is 3.23. The molecule has 1 aromatic heterocycles. The number of nitrogens with one attached hydrogen (secondary N) is 2. The number of ketones is 1. The van der Waals surface area contributed by atoms with E-state index in [4.69, 9.17) is 9.73 Å². The molecule has 3 aliphatic heterocycles. The zero-order chi connectivity index (χ0) is 35.6. The molecular formula is C35H40FN5O8S. The highest BCUT2D eigenvalue weighted by molar-refractivity contribution is 7.91. The number of hydrogen-bond donors (Lipinski definition) is 3. The maximum atomic E-state index is 14.8. The van der Waals surface area contributed by atoms with Crippen LogP contribution in [0.2, 0.25) is 0 Å². The number of aliphatic imine (C=N–C) groups is 1. The number of fused-ring (bicyclic) bond motifs is 5. The number of carbonyl (C=O) groups is 4. The van der Waals surface area contributed by atoms with Gasteiger partial charge >= 0.3 is 6.09 Å². The van der Waals surface area contributed by atoms with Crippen LogP contribution in [0.4, 0.5) is 9.18 Å². The Kier molecular flexibility index (Phi) is 8.47. The molecule has 0 bridgehead atoms. The summed E-state index contributed by atoms with van der Waals surface area (Å²) in [6, 6.07) is 2.64. The molecule has 0 radical (unpaired) electrons. The smallest absolute Gasteiger partial charge is 0.405 e. The van der Waals surface area contributed by atoms with E-state index in [0.29, 0.717) is 67.3 Å². The number of rotatable bonds is 4. The zero-order valence-electron chi connectivity index (χ0n) is 28.0. The first-order chi connectivity index (χ1) is 23.7. The fourth-order valence-electron chi connectivity index (χ4n) is 7.63. The Bertz CT molecular complexity index is 1990. The minimum atomic E-state index is -4.01. The van der Waals surface area contributed by atoms with Gasteiger partial charge in [0.2, 0.25) is 21.8 Å². The number of benzene rings is 1. The number of amides is 3. The number of carboxylic acid groups (broad SMARTS) is 1. The van der Waals surface area contributed by atoms with Gasteiger partial charge in [-0.25, -0.2) is 22.6 Å². The summed E-state index contributed by atoms with van der Waals surface area (Å²) in [6.07, 6.45) is 3.92. The minimum Gasteiger partial charge on any atom is -0.466 e. The van der Waals surface area contributed by atoms with E-state index in [2.05, 4.69) is 15.0 Å². The van der Waals surface area contributed by atoms with Crippen LogP contribution in [-0.2, 0) is 30.8 Å². The lowest BCUT2D eigenvalue weighted by molar-refractivity contribution is -0.157. The molecule has 1 saturated carbocycles. The van der Waals surface area contributed by atoms with Gasteiger partial charge in [-0.2, -0.15) is 0 Å². The fraction of sp³-hybridized carbons (Fsp3) is 0.543. The van der Waals surface area contributed by atoms with Crippen LogP contribution < -0.4 is 14.8 Å². The van der Waals surface area contributed by atoms with Crippen molar-refractivity contribution >= 4 is 50.8 Å². The number of carbonyl (C=O) groups excluding carboxylic acids is 3. The lowest BCUT2D eigenvalue weighted by atomic mass is 9.87. The number of aryl methyl sites for hydroxylation is 2. The topological polar surface area (TPSA) is 184 Å². The molecule has 4 heterocycles. The van der Waals surface area contributed by atoms with E-state index in [0.717, 1.165) is 17.7 Å². The molecule has 0 unspecified atom stereocenters. The quantitative estimate of drug-likeness (QED) is 0.419. The van der Waals surface area contributed by atoms with E-state index in [-0.39, 0.29) is 37.0 Å². The Hall–Kier alpha value is -4.40. The SMILES string of the molecule is Cc1nc2c(F)cccc2c2c1O[C@@]1(CCC(=O)[C@@H](NC(=O)O)CCCCC3=C(C3)N=C[C@@H]3[C@@H](C(=O)NS(=O)(=O)C4(C)CC4)CC(=O)N31)CC2. The molecule has 50 heavy (non-hydrogen) atoms. The molecule has 13 nitrogen and oxygen atoms in total. The predicted molar refractivity (Wildman–Crippen MR) is 179 cm³/mol. The first-order valence-electron chi connectivity index (χ1n) is 17.1. The summed E-state index contributed by atoms with van der Waals surface area (Å²) in [4.78, 5) is 64.0. The summed E-state index contributed by atoms with van der Waals surface area (Å²) in [7, 11) is -4.01. The van der Waals surface area contributed by atoms with Crippen molar-refractivity contribution in [3.05, 3.63) is 46.5 Å². The van der Waals surface area contributed by atoms with Gasteiger partial charge in [0, 0.05) is 55.0 Å². The third-order valence-electron chi connectivity index (χ3n) is 11.0. The number of Topliss-reactive ketones (excluding diaryl/α,β-unsaturated/α-hetero) is 1. The van der Waals surface area contributed by atoms with Crippen molar-refractivity contribution in [2.75, 3.05) is 0 Å². The van der Waals surface area contributed by atoms with Gasteiger partial charge in [0.15, 0.2) is 11.5 Å². The van der Waals surface area contributed by atoms with Crippen molar-refractivity contribution < 1.29 is 41.8 Å². The van der Waals surface area contributed by atoms with E-state index >= 15 is 0 Å². The van der Waals surface area contributed by atoms with Crippen LogP contribution in [0.15, 0.2) is 34.5 Å². The number of pyridine rings is 1. The lowest BCUT2D eigenvalue weighted by Gasteiger charge is -2.47. The average molecular weight is 710 g/mol. The lowest BCUT2D eigenvalue weighted by Crippen LogP contribution is -2.60. The second kappa shape index (κ2) is 12.4. The van der Waals surface area contributed by atoms with Crippen molar-refractivity contribution in [2.24, 2.45) is 10.9 Å². The number of allylic oxidation sites excluding steroid dienone is 2. The number of ether oxygens (including phenoxy) is 1. The summed E-state index contributed by atoms with van der Waals surface area (Å²) < 4.78 is 49.1. The van der Waals surface area contributed by atoms with E-state index in [9.17, 15) is 37.1 Å². The van der Waals surface area contributed by atoms with Crippen molar-refractivity contribution in [2.45, 2.75) is 113 Å². The molecule has 266 valence electrons. The van der Waals surface area contributed by atoms with E-state index in [1.165, 1.54) is 17.2 Å². The highest BCUT2D eigenvalue weighted by atomic mass is 32.2. The Morgan fingerprint density at radius 2 is 1.86 bits per heavy atom. The molecule has 7 rings (SSSR count). The summed E-state index contributed by atoms with van der Waals surface area (Å²) in [5.41, 5.74) is 1.60. The van der Waals surface area contributed by atoms with Crippen LogP contribution in [0.1, 0.15) is 88.8 Å². The van der Waals surface area contributed by atoms with Crippen LogP contribution in [0, 0.1) is 18.7 Å². The Labute approximate surface area is 288 Å². The highest BCUT2D eigenvalue weighted by Gasteiger charge is 2.57.